The van der Waals surface area contributed by atoms with E-state index in [9.17, 15) is 14.9 Å². The molecule has 2 atom stereocenters. The fourth-order valence-corrected chi connectivity index (χ4v) is 4.85. The molecule has 1 aliphatic rings. The zero-order chi connectivity index (χ0) is 21.8. The number of nitrogens with zero attached hydrogens (tertiary/aromatic N) is 1. The summed E-state index contributed by atoms with van der Waals surface area (Å²) in [5, 5.41) is 13.6. The van der Waals surface area contributed by atoms with Gasteiger partial charge in [-0.2, -0.15) is 5.26 Å². The summed E-state index contributed by atoms with van der Waals surface area (Å²) < 4.78 is 9.35. The van der Waals surface area contributed by atoms with Gasteiger partial charge in [0.1, 0.15) is 5.60 Å². The summed E-state index contributed by atoms with van der Waals surface area (Å²) in [4.78, 5) is 25.2. The number of nitriles is 1. The van der Waals surface area contributed by atoms with E-state index in [2.05, 4.69) is 11.4 Å². The zero-order valence-electron chi connectivity index (χ0n) is 17.2. The molecule has 29 heavy (non-hydrogen) atoms. The minimum Gasteiger partial charge on any atom is -0.468 e. The Morgan fingerprint density at radius 2 is 1.97 bits per heavy atom. The molecule has 2 rings (SSSR count). The number of ether oxygens (including phenoxy) is 2. The van der Waals surface area contributed by atoms with Gasteiger partial charge in [0, 0.05) is 17.3 Å². The van der Waals surface area contributed by atoms with Crippen molar-refractivity contribution >= 4 is 35.3 Å². The van der Waals surface area contributed by atoms with Gasteiger partial charge in [0.25, 0.3) is 0 Å². The second kappa shape index (κ2) is 9.10. The molecule has 0 spiro atoms. The summed E-state index contributed by atoms with van der Waals surface area (Å²) in [6.45, 7) is 7.45. The van der Waals surface area contributed by atoms with E-state index in [1.807, 2.05) is 0 Å². The first-order chi connectivity index (χ1) is 13.5. The summed E-state index contributed by atoms with van der Waals surface area (Å²) in [6, 6.07) is 9.27. The molecule has 0 amide bonds. The maximum Gasteiger partial charge on any atom is 0.338 e. The lowest BCUT2D eigenvalue weighted by Gasteiger charge is -2.43. The van der Waals surface area contributed by atoms with Gasteiger partial charge in [-0.3, -0.25) is 4.79 Å². The van der Waals surface area contributed by atoms with Crippen molar-refractivity contribution < 1.29 is 19.1 Å². The van der Waals surface area contributed by atoms with Crippen LogP contribution in [0.25, 0.3) is 0 Å². The van der Waals surface area contributed by atoms with Crippen LogP contribution in [0, 0.1) is 17.2 Å². The zero-order valence-corrected chi connectivity index (χ0v) is 18.7. The van der Waals surface area contributed by atoms with Crippen molar-refractivity contribution in [1.82, 2.24) is 5.32 Å². The normalized spacial score (nSPS) is 21.8. The predicted octanol–water partition coefficient (Wildman–Crippen LogP) is 3.80. The lowest BCUT2D eigenvalue weighted by molar-refractivity contribution is -0.150. The van der Waals surface area contributed by atoms with Crippen molar-refractivity contribution in [2.24, 2.45) is 5.92 Å². The molecule has 8 heteroatoms. The number of methoxy groups -OCH3 is 1. The number of hydrogen-bond acceptors (Lipinski definition) is 7. The maximum absolute atomic E-state index is 13.3. The molecule has 0 aromatic heterocycles. The van der Waals surface area contributed by atoms with Gasteiger partial charge < -0.3 is 14.8 Å². The number of carbonyl (C=O) groups is 2. The summed E-state index contributed by atoms with van der Waals surface area (Å²) in [7, 11) is 1.30. The van der Waals surface area contributed by atoms with Crippen LogP contribution in [0.3, 0.4) is 0 Å². The second-order valence-electron chi connectivity index (χ2n) is 7.67. The molecule has 156 valence electrons. The molecule has 1 aromatic carbocycles. The van der Waals surface area contributed by atoms with Crippen molar-refractivity contribution in [2.75, 3.05) is 19.4 Å². The summed E-state index contributed by atoms with van der Waals surface area (Å²) in [5.41, 5.74) is 0.909. The van der Waals surface area contributed by atoms with Gasteiger partial charge in [0.05, 0.1) is 35.2 Å². The Morgan fingerprint density at radius 1 is 1.34 bits per heavy atom. The van der Waals surface area contributed by atoms with Crippen LogP contribution in [-0.2, 0) is 23.8 Å². The first kappa shape index (κ1) is 23.1. The van der Waals surface area contributed by atoms with E-state index in [-0.39, 0.29) is 5.75 Å². The fraction of sp³-hybridized carbons (Fsp3) is 0.476. The van der Waals surface area contributed by atoms with Crippen molar-refractivity contribution in [1.29, 1.82) is 5.26 Å². The number of thioether (sulfide) groups is 1. The Bertz CT molecular complexity index is 855. The number of benzene rings is 1. The first-order valence-corrected chi connectivity index (χ1v) is 10.5. The minimum atomic E-state index is -1.12. The van der Waals surface area contributed by atoms with Crippen LogP contribution >= 0.6 is 23.4 Å². The number of allylic oxidation sites excluding steroid dienone is 1. The van der Waals surface area contributed by atoms with Gasteiger partial charge in [-0.25, -0.2) is 4.79 Å². The molecule has 6 nitrogen and oxygen atoms in total. The number of rotatable bonds is 5. The third kappa shape index (κ3) is 5.06. The number of carbonyl (C=O) groups excluding carboxylic acids is 2. The van der Waals surface area contributed by atoms with Gasteiger partial charge >= 0.3 is 11.9 Å². The van der Waals surface area contributed by atoms with Crippen molar-refractivity contribution in [2.45, 2.75) is 38.0 Å². The van der Waals surface area contributed by atoms with Crippen molar-refractivity contribution in [3.63, 3.8) is 0 Å². The lowest BCUT2D eigenvalue weighted by atomic mass is 9.76. The van der Waals surface area contributed by atoms with E-state index in [4.69, 9.17) is 21.1 Å². The molecule has 0 aliphatic carbocycles. The molecular weight excluding hydrogens is 412 g/mol. The molecule has 0 radical (unpaired) electrons. The topological polar surface area (TPSA) is 88.4 Å². The molecule has 1 heterocycles. The molecule has 2 unspecified atom stereocenters. The highest BCUT2D eigenvalue weighted by molar-refractivity contribution is 8.01. The lowest BCUT2D eigenvalue weighted by Crippen LogP contribution is -2.48. The largest absolute Gasteiger partial charge is 0.468 e. The van der Waals surface area contributed by atoms with Crippen LogP contribution < -0.4 is 5.32 Å². The fourth-order valence-electron chi connectivity index (χ4n) is 3.24. The monoisotopic (exact) mass is 436 g/mol. The third-order valence-corrected chi connectivity index (χ3v) is 6.30. The molecule has 0 bridgehead atoms. The molecule has 0 fully saturated rings. The van der Waals surface area contributed by atoms with Crippen LogP contribution in [0.1, 0.15) is 33.3 Å². The Balaban J connectivity index is 2.72. The maximum atomic E-state index is 13.3. The Hall–Kier alpha value is -2.17. The number of halogens is 1. The minimum absolute atomic E-state index is 0.0309. The average molecular weight is 437 g/mol. The average Bonchev–Trinajstić information content (AvgIpc) is 2.64. The smallest absolute Gasteiger partial charge is 0.338 e. The van der Waals surface area contributed by atoms with Crippen LogP contribution in [0.5, 0.6) is 0 Å². The van der Waals surface area contributed by atoms with E-state index in [1.165, 1.54) is 18.9 Å². The Labute approximate surface area is 180 Å². The highest BCUT2D eigenvalue weighted by Crippen LogP contribution is 2.52. The van der Waals surface area contributed by atoms with E-state index in [0.717, 1.165) is 0 Å². The molecule has 1 N–H and O–H groups in total. The van der Waals surface area contributed by atoms with Crippen LogP contribution in [-0.4, -0.2) is 36.9 Å². The van der Waals surface area contributed by atoms with Gasteiger partial charge in [-0.15, -0.1) is 11.8 Å². The molecule has 1 aliphatic heterocycles. The first-order valence-electron chi connectivity index (χ1n) is 9.10. The standard InChI is InChI=1S/C21H25ClN2O4S/c1-13-18(19(26)28-20(2,3)4)21(15(10-23)11-24-13,29-12-17(25)27-5)14-6-8-16(22)9-7-14/h6-9,15,24H,11-12H2,1-5H3. The van der Waals surface area contributed by atoms with Crippen LogP contribution in [0.2, 0.25) is 5.02 Å². The van der Waals surface area contributed by atoms with E-state index >= 15 is 0 Å². The van der Waals surface area contributed by atoms with Gasteiger partial charge in [0.15, 0.2) is 0 Å². The third-order valence-electron chi connectivity index (χ3n) is 4.49. The molecule has 0 saturated heterocycles. The second-order valence-corrected chi connectivity index (χ2v) is 9.33. The summed E-state index contributed by atoms with van der Waals surface area (Å²) >= 11 is 7.27. The highest BCUT2D eigenvalue weighted by atomic mass is 35.5. The summed E-state index contributed by atoms with van der Waals surface area (Å²) in [5.74, 6) is -1.64. The number of esters is 2. The SMILES string of the molecule is COC(=O)CSC1(c2ccc(Cl)cc2)C(C(=O)OC(C)(C)C)=C(C)NCC1C#N. The van der Waals surface area contributed by atoms with Crippen LogP contribution in [0.15, 0.2) is 35.5 Å². The van der Waals surface area contributed by atoms with E-state index in [0.29, 0.717) is 28.4 Å². The van der Waals surface area contributed by atoms with Crippen molar-refractivity contribution in [3.05, 3.63) is 46.1 Å². The summed E-state index contributed by atoms with van der Waals surface area (Å²) in [6.07, 6.45) is 0. The van der Waals surface area contributed by atoms with Crippen LogP contribution in [0.4, 0.5) is 0 Å². The van der Waals surface area contributed by atoms with Crippen molar-refractivity contribution in [3.8, 4) is 6.07 Å². The van der Waals surface area contributed by atoms with E-state index < -0.39 is 28.2 Å². The molecule has 0 saturated carbocycles. The van der Waals surface area contributed by atoms with Gasteiger partial charge in [0.2, 0.25) is 0 Å². The van der Waals surface area contributed by atoms with Gasteiger partial charge in [-0.1, -0.05) is 23.7 Å². The number of nitrogens with one attached hydrogen (secondary N) is 1. The highest BCUT2D eigenvalue weighted by Gasteiger charge is 2.52. The van der Waals surface area contributed by atoms with Gasteiger partial charge in [-0.05, 0) is 45.4 Å². The number of hydrogen-bond donors (Lipinski definition) is 1. The van der Waals surface area contributed by atoms with E-state index in [1.54, 1.807) is 52.0 Å². The Morgan fingerprint density at radius 3 is 2.48 bits per heavy atom. The predicted molar refractivity (Wildman–Crippen MR) is 113 cm³/mol. The molecular formula is C21H25ClN2O4S. The quantitative estimate of drug-likeness (QED) is 0.702. The Kier molecular flexibility index (Phi) is 7.25. The molecule has 1 aromatic rings.